The Morgan fingerprint density at radius 2 is 1.56 bits per heavy atom. The van der Waals surface area contributed by atoms with Crippen LogP contribution in [0, 0.1) is 13.8 Å². The number of sulfonamides is 1. The molecule has 0 bridgehead atoms. The van der Waals surface area contributed by atoms with Crippen LogP contribution >= 0.6 is 0 Å². The molecule has 39 heavy (non-hydrogen) atoms. The number of amides is 2. The highest BCUT2D eigenvalue weighted by Gasteiger charge is 2.30. The van der Waals surface area contributed by atoms with Gasteiger partial charge in [0.05, 0.1) is 11.9 Å². The minimum Gasteiger partial charge on any atom is -0.355 e. The first kappa shape index (κ1) is 29.9. The van der Waals surface area contributed by atoms with Gasteiger partial charge in [0.25, 0.3) is 0 Å². The Labute approximate surface area is 232 Å². The van der Waals surface area contributed by atoms with Gasteiger partial charge >= 0.3 is 0 Å². The van der Waals surface area contributed by atoms with Crippen LogP contribution in [0.3, 0.4) is 0 Å². The molecule has 3 aromatic carbocycles. The summed E-state index contributed by atoms with van der Waals surface area (Å²) < 4.78 is 26.6. The summed E-state index contributed by atoms with van der Waals surface area (Å²) >= 11 is 0. The number of anilines is 1. The maximum Gasteiger partial charge on any atom is 0.243 e. The Hall–Kier alpha value is -3.65. The first-order chi connectivity index (χ1) is 18.6. The van der Waals surface area contributed by atoms with E-state index in [9.17, 15) is 18.0 Å². The average Bonchev–Trinajstić information content (AvgIpc) is 2.89. The van der Waals surface area contributed by atoms with Gasteiger partial charge in [-0.1, -0.05) is 78.4 Å². The Kier molecular flexibility index (Phi) is 10.7. The fourth-order valence-electron chi connectivity index (χ4n) is 4.68. The molecule has 0 fully saturated rings. The molecule has 208 valence electrons. The van der Waals surface area contributed by atoms with Crippen LogP contribution in [-0.4, -0.2) is 50.5 Å². The topological polar surface area (TPSA) is 86.8 Å². The van der Waals surface area contributed by atoms with Gasteiger partial charge in [0.1, 0.15) is 6.04 Å². The number of likely N-dealkylation sites (N-methyl/N-ethyl adjacent to an activating group) is 1. The van der Waals surface area contributed by atoms with E-state index in [4.69, 9.17) is 0 Å². The summed E-state index contributed by atoms with van der Waals surface area (Å²) in [5, 5.41) is 2.90. The number of hydrogen-bond donors (Lipinski definition) is 1. The van der Waals surface area contributed by atoms with Crippen molar-refractivity contribution < 1.29 is 18.0 Å². The predicted molar refractivity (Wildman–Crippen MR) is 157 cm³/mol. The molecule has 0 aliphatic carbocycles. The lowest BCUT2D eigenvalue weighted by Gasteiger charge is -2.32. The molecule has 0 aliphatic rings. The van der Waals surface area contributed by atoms with Crippen molar-refractivity contribution in [3.63, 3.8) is 0 Å². The van der Waals surface area contributed by atoms with E-state index >= 15 is 0 Å². The summed E-state index contributed by atoms with van der Waals surface area (Å²) in [7, 11) is -3.55. The Bertz CT molecular complexity index is 1360. The van der Waals surface area contributed by atoms with E-state index in [-0.39, 0.29) is 31.3 Å². The minimum atomic E-state index is -3.55. The van der Waals surface area contributed by atoms with E-state index in [1.54, 1.807) is 17.0 Å². The van der Waals surface area contributed by atoms with E-state index < -0.39 is 16.1 Å². The Balaban J connectivity index is 1.87. The SMILES string of the molecule is CCNC(=O)[C@@H](Cc1ccccc1)N(Cc1cccc(C)c1)C(=O)CCCN(c1ccccc1C)S(C)(=O)=O. The number of rotatable bonds is 13. The third-order valence-electron chi connectivity index (χ3n) is 6.59. The van der Waals surface area contributed by atoms with Crippen LogP contribution < -0.4 is 9.62 Å². The summed E-state index contributed by atoms with van der Waals surface area (Å²) in [6.07, 6.45) is 1.98. The van der Waals surface area contributed by atoms with Crippen LogP contribution in [0.1, 0.15) is 42.0 Å². The van der Waals surface area contributed by atoms with Crippen LogP contribution in [0.15, 0.2) is 78.9 Å². The molecule has 8 heteroatoms. The number of carbonyl (C=O) groups excluding carboxylic acids is 2. The lowest BCUT2D eigenvalue weighted by atomic mass is 10.0. The van der Waals surface area contributed by atoms with Gasteiger partial charge in [-0.05, 0) is 49.9 Å². The molecule has 0 radical (unpaired) electrons. The molecule has 0 heterocycles. The molecule has 0 saturated heterocycles. The monoisotopic (exact) mass is 549 g/mol. The molecule has 0 unspecified atom stereocenters. The fourth-order valence-corrected chi connectivity index (χ4v) is 5.70. The maximum absolute atomic E-state index is 13.8. The van der Waals surface area contributed by atoms with Crippen molar-refractivity contribution in [2.45, 2.75) is 52.6 Å². The summed E-state index contributed by atoms with van der Waals surface area (Å²) in [6.45, 7) is 6.61. The van der Waals surface area contributed by atoms with E-state index in [1.165, 1.54) is 10.6 Å². The van der Waals surface area contributed by atoms with Crippen LogP contribution in [0.4, 0.5) is 5.69 Å². The maximum atomic E-state index is 13.8. The predicted octanol–water partition coefficient (Wildman–Crippen LogP) is 4.63. The highest BCUT2D eigenvalue weighted by atomic mass is 32.2. The number of nitrogens with one attached hydrogen (secondary N) is 1. The lowest BCUT2D eigenvalue weighted by Crippen LogP contribution is -2.50. The zero-order valence-electron chi connectivity index (χ0n) is 23.3. The summed E-state index contributed by atoms with van der Waals surface area (Å²) in [5.74, 6) is -0.401. The van der Waals surface area contributed by atoms with Crippen molar-refractivity contribution in [3.8, 4) is 0 Å². The van der Waals surface area contributed by atoms with Crippen LogP contribution in [0.25, 0.3) is 0 Å². The molecule has 0 aromatic heterocycles. The molecule has 0 aliphatic heterocycles. The number of benzene rings is 3. The van der Waals surface area contributed by atoms with Crippen LogP contribution in [0.2, 0.25) is 0 Å². The number of hydrogen-bond acceptors (Lipinski definition) is 4. The molecule has 3 aromatic rings. The minimum absolute atomic E-state index is 0.106. The van der Waals surface area contributed by atoms with Gasteiger partial charge in [-0.2, -0.15) is 0 Å². The Morgan fingerprint density at radius 1 is 0.897 bits per heavy atom. The third kappa shape index (κ3) is 8.68. The second kappa shape index (κ2) is 13.9. The molecule has 7 nitrogen and oxygen atoms in total. The van der Waals surface area contributed by atoms with Crippen molar-refractivity contribution >= 4 is 27.5 Å². The molecular formula is C31H39N3O4S. The zero-order valence-corrected chi connectivity index (χ0v) is 24.1. The summed E-state index contributed by atoms with van der Waals surface area (Å²) in [6, 6.07) is 24.2. The number of carbonyl (C=O) groups is 2. The van der Waals surface area contributed by atoms with Crippen molar-refractivity contribution in [3.05, 3.63) is 101 Å². The zero-order chi connectivity index (χ0) is 28.4. The highest BCUT2D eigenvalue weighted by Crippen LogP contribution is 2.23. The van der Waals surface area contributed by atoms with Crippen molar-refractivity contribution in [2.24, 2.45) is 0 Å². The standard InChI is InChI=1S/C31H39N3O4S/c1-5-32-31(36)29(22-26-15-7-6-8-16-26)33(23-27-17-11-13-24(2)21-27)30(35)19-12-20-34(39(4,37)38)28-18-10-9-14-25(28)3/h6-11,13-18,21,29H,5,12,19-20,22-23H2,1-4H3,(H,32,36)/t29-/m1/s1. The van der Waals surface area contributed by atoms with Crippen LogP contribution in [0.5, 0.6) is 0 Å². The number of aryl methyl sites for hydroxylation is 2. The first-order valence-electron chi connectivity index (χ1n) is 13.3. The molecule has 0 saturated carbocycles. The van der Waals surface area contributed by atoms with Gasteiger partial charge in [-0.25, -0.2) is 8.42 Å². The molecule has 2 amide bonds. The van der Waals surface area contributed by atoms with Gasteiger partial charge < -0.3 is 10.2 Å². The van der Waals surface area contributed by atoms with E-state index in [0.29, 0.717) is 25.1 Å². The van der Waals surface area contributed by atoms with Crippen molar-refractivity contribution in [2.75, 3.05) is 23.7 Å². The first-order valence-corrected chi connectivity index (χ1v) is 15.1. The van der Waals surface area contributed by atoms with Gasteiger partial charge in [-0.15, -0.1) is 0 Å². The summed E-state index contributed by atoms with van der Waals surface area (Å²) in [4.78, 5) is 28.7. The van der Waals surface area contributed by atoms with E-state index in [2.05, 4.69) is 5.32 Å². The smallest absolute Gasteiger partial charge is 0.243 e. The average molecular weight is 550 g/mol. The third-order valence-corrected chi connectivity index (χ3v) is 7.77. The van der Waals surface area contributed by atoms with Gasteiger partial charge in [0.2, 0.25) is 21.8 Å². The molecule has 3 rings (SSSR count). The lowest BCUT2D eigenvalue weighted by molar-refractivity contribution is -0.141. The second-order valence-corrected chi connectivity index (χ2v) is 11.7. The molecule has 1 atom stereocenters. The Morgan fingerprint density at radius 3 is 2.21 bits per heavy atom. The molecular weight excluding hydrogens is 510 g/mol. The van der Waals surface area contributed by atoms with E-state index in [0.717, 1.165) is 22.3 Å². The largest absolute Gasteiger partial charge is 0.355 e. The van der Waals surface area contributed by atoms with Gasteiger partial charge in [0, 0.05) is 32.5 Å². The normalized spacial score (nSPS) is 12.0. The number of nitrogens with zero attached hydrogens (tertiary/aromatic N) is 2. The van der Waals surface area contributed by atoms with E-state index in [1.807, 2.05) is 87.5 Å². The van der Waals surface area contributed by atoms with Gasteiger partial charge in [-0.3, -0.25) is 13.9 Å². The van der Waals surface area contributed by atoms with Crippen molar-refractivity contribution in [1.29, 1.82) is 0 Å². The quantitative estimate of drug-likeness (QED) is 0.337. The fraction of sp³-hybridized carbons (Fsp3) is 0.355. The number of para-hydroxylation sites is 1. The van der Waals surface area contributed by atoms with Crippen molar-refractivity contribution in [1.82, 2.24) is 10.2 Å². The second-order valence-electron chi connectivity index (χ2n) is 9.84. The summed E-state index contributed by atoms with van der Waals surface area (Å²) in [5.41, 5.74) is 4.41. The van der Waals surface area contributed by atoms with Crippen LogP contribution in [-0.2, 0) is 32.6 Å². The highest BCUT2D eigenvalue weighted by molar-refractivity contribution is 7.92. The molecule has 1 N–H and O–H groups in total. The molecule has 0 spiro atoms. The van der Waals surface area contributed by atoms with Gasteiger partial charge in [0.15, 0.2) is 0 Å².